The van der Waals surface area contributed by atoms with E-state index in [-0.39, 0.29) is 0 Å². The summed E-state index contributed by atoms with van der Waals surface area (Å²) >= 11 is 0. The van der Waals surface area contributed by atoms with Gasteiger partial charge in [-0.05, 0) is 44.8 Å². The largest absolute Gasteiger partial charge is 0.316 e. The Labute approximate surface area is 95.4 Å². The first-order valence-corrected chi connectivity index (χ1v) is 6.55. The molecule has 2 nitrogen and oxygen atoms in total. The SMILES string of the molecule is CCCCCN(C)CC1(C)CCCNC1. The second-order valence-electron chi connectivity index (χ2n) is 5.54. The van der Waals surface area contributed by atoms with E-state index < -0.39 is 0 Å². The van der Waals surface area contributed by atoms with Crippen molar-refractivity contribution >= 4 is 0 Å². The lowest BCUT2D eigenvalue weighted by atomic mass is 9.82. The smallest absolute Gasteiger partial charge is 0.00444 e. The van der Waals surface area contributed by atoms with Crippen molar-refractivity contribution in [1.82, 2.24) is 10.2 Å². The average Bonchev–Trinajstić information content (AvgIpc) is 2.18. The second kappa shape index (κ2) is 6.49. The van der Waals surface area contributed by atoms with Crippen LogP contribution in [0.15, 0.2) is 0 Å². The van der Waals surface area contributed by atoms with Crippen LogP contribution in [0.4, 0.5) is 0 Å². The average molecular weight is 212 g/mol. The molecule has 1 aliphatic rings. The molecule has 0 radical (unpaired) electrons. The van der Waals surface area contributed by atoms with Gasteiger partial charge in [-0.3, -0.25) is 0 Å². The highest BCUT2D eigenvalue weighted by Gasteiger charge is 2.27. The minimum atomic E-state index is 0.513. The summed E-state index contributed by atoms with van der Waals surface area (Å²) in [5.74, 6) is 0. The van der Waals surface area contributed by atoms with E-state index in [1.807, 2.05) is 0 Å². The number of nitrogens with zero attached hydrogens (tertiary/aromatic N) is 1. The third kappa shape index (κ3) is 4.98. The van der Waals surface area contributed by atoms with Crippen molar-refractivity contribution in [3.63, 3.8) is 0 Å². The molecule has 1 unspecified atom stereocenters. The fraction of sp³-hybridized carbons (Fsp3) is 1.00. The Morgan fingerprint density at radius 1 is 1.33 bits per heavy atom. The Morgan fingerprint density at radius 2 is 2.13 bits per heavy atom. The van der Waals surface area contributed by atoms with Gasteiger partial charge in [0.05, 0.1) is 0 Å². The van der Waals surface area contributed by atoms with Crippen molar-refractivity contribution in [2.24, 2.45) is 5.41 Å². The molecular formula is C13H28N2. The molecule has 15 heavy (non-hydrogen) atoms. The first-order chi connectivity index (χ1) is 7.16. The molecule has 0 aromatic carbocycles. The first kappa shape index (κ1) is 13.0. The summed E-state index contributed by atoms with van der Waals surface area (Å²) in [6.07, 6.45) is 6.79. The zero-order chi connectivity index (χ0) is 11.1. The van der Waals surface area contributed by atoms with Crippen LogP contribution in [-0.4, -0.2) is 38.1 Å². The van der Waals surface area contributed by atoms with Gasteiger partial charge in [-0.15, -0.1) is 0 Å². The molecular weight excluding hydrogens is 184 g/mol. The van der Waals surface area contributed by atoms with E-state index in [4.69, 9.17) is 0 Å². The highest BCUT2D eigenvalue weighted by atomic mass is 15.1. The topological polar surface area (TPSA) is 15.3 Å². The molecule has 0 aromatic heterocycles. The molecule has 1 heterocycles. The molecule has 0 amide bonds. The zero-order valence-electron chi connectivity index (χ0n) is 10.8. The predicted octanol–water partition coefficient (Wildman–Crippen LogP) is 2.50. The molecule has 1 aliphatic heterocycles. The number of rotatable bonds is 6. The number of hydrogen-bond acceptors (Lipinski definition) is 2. The maximum atomic E-state index is 3.52. The van der Waals surface area contributed by atoms with Crippen molar-refractivity contribution in [1.29, 1.82) is 0 Å². The van der Waals surface area contributed by atoms with Crippen molar-refractivity contribution < 1.29 is 0 Å². The van der Waals surface area contributed by atoms with Gasteiger partial charge in [0.15, 0.2) is 0 Å². The van der Waals surface area contributed by atoms with Crippen molar-refractivity contribution in [3.8, 4) is 0 Å². The summed E-state index contributed by atoms with van der Waals surface area (Å²) in [6.45, 7) is 9.63. The molecule has 1 saturated heterocycles. The van der Waals surface area contributed by atoms with Gasteiger partial charge >= 0.3 is 0 Å². The maximum Gasteiger partial charge on any atom is 0.00444 e. The molecule has 1 fully saturated rings. The van der Waals surface area contributed by atoms with Gasteiger partial charge in [-0.25, -0.2) is 0 Å². The van der Waals surface area contributed by atoms with Crippen LogP contribution in [0.5, 0.6) is 0 Å². The summed E-state index contributed by atoms with van der Waals surface area (Å²) in [7, 11) is 2.27. The van der Waals surface area contributed by atoms with Gasteiger partial charge in [-0.2, -0.15) is 0 Å². The van der Waals surface area contributed by atoms with Crippen molar-refractivity contribution in [2.75, 3.05) is 33.2 Å². The Hall–Kier alpha value is -0.0800. The van der Waals surface area contributed by atoms with Gasteiger partial charge in [-0.1, -0.05) is 26.7 Å². The van der Waals surface area contributed by atoms with Crippen LogP contribution in [0.2, 0.25) is 0 Å². The summed E-state index contributed by atoms with van der Waals surface area (Å²) in [6, 6.07) is 0. The number of hydrogen-bond donors (Lipinski definition) is 1. The molecule has 0 aliphatic carbocycles. The van der Waals surface area contributed by atoms with E-state index in [0.717, 1.165) is 0 Å². The van der Waals surface area contributed by atoms with Gasteiger partial charge in [0.2, 0.25) is 0 Å². The standard InChI is InChI=1S/C13H28N2/c1-4-5-6-10-15(3)12-13(2)8-7-9-14-11-13/h14H,4-12H2,1-3H3. The van der Waals surface area contributed by atoms with Gasteiger partial charge in [0.1, 0.15) is 0 Å². The van der Waals surface area contributed by atoms with Crippen LogP contribution in [0.3, 0.4) is 0 Å². The molecule has 1 N–H and O–H groups in total. The second-order valence-corrected chi connectivity index (χ2v) is 5.54. The minimum Gasteiger partial charge on any atom is -0.316 e. The molecule has 1 atom stereocenters. The molecule has 0 spiro atoms. The monoisotopic (exact) mass is 212 g/mol. The fourth-order valence-corrected chi connectivity index (χ4v) is 2.62. The van der Waals surface area contributed by atoms with Crippen molar-refractivity contribution in [3.05, 3.63) is 0 Å². The van der Waals surface area contributed by atoms with E-state index in [0.29, 0.717) is 5.41 Å². The number of unbranched alkanes of at least 4 members (excludes halogenated alkanes) is 2. The summed E-state index contributed by atoms with van der Waals surface area (Å²) in [5.41, 5.74) is 0.513. The Bertz CT molecular complexity index is 162. The van der Waals surface area contributed by atoms with Crippen LogP contribution in [0, 0.1) is 5.41 Å². The summed E-state index contributed by atoms with van der Waals surface area (Å²) in [4.78, 5) is 2.52. The van der Waals surface area contributed by atoms with Gasteiger partial charge < -0.3 is 10.2 Å². The van der Waals surface area contributed by atoms with E-state index in [1.54, 1.807) is 0 Å². The highest BCUT2D eigenvalue weighted by Crippen LogP contribution is 2.26. The summed E-state index contributed by atoms with van der Waals surface area (Å²) in [5, 5.41) is 3.52. The van der Waals surface area contributed by atoms with E-state index in [1.165, 1.54) is 58.3 Å². The minimum absolute atomic E-state index is 0.513. The van der Waals surface area contributed by atoms with Crippen LogP contribution >= 0.6 is 0 Å². The molecule has 2 heteroatoms. The Balaban J connectivity index is 2.20. The molecule has 1 rings (SSSR count). The third-order valence-electron chi connectivity index (χ3n) is 3.48. The predicted molar refractivity (Wildman–Crippen MR) is 67.2 cm³/mol. The van der Waals surface area contributed by atoms with E-state index in [9.17, 15) is 0 Å². The quantitative estimate of drug-likeness (QED) is 0.681. The molecule has 0 bridgehead atoms. The van der Waals surface area contributed by atoms with Crippen molar-refractivity contribution in [2.45, 2.75) is 46.0 Å². The van der Waals surface area contributed by atoms with Crippen LogP contribution in [0.25, 0.3) is 0 Å². The van der Waals surface area contributed by atoms with Gasteiger partial charge in [0.25, 0.3) is 0 Å². The molecule has 0 saturated carbocycles. The third-order valence-corrected chi connectivity index (χ3v) is 3.48. The number of nitrogens with one attached hydrogen (secondary N) is 1. The van der Waals surface area contributed by atoms with Crippen LogP contribution < -0.4 is 5.32 Å². The molecule has 0 aromatic rings. The zero-order valence-corrected chi connectivity index (χ0v) is 10.8. The lowest BCUT2D eigenvalue weighted by Gasteiger charge is -2.37. The lowest BCUT2D eigenvalue weighted by Crippen LogP contribution is -2.45. The highest BCUT2D eigenvalue weighted by molar-refractivity contribution is 4.83. The van der Waals surface area contributed by atoms with E-state index >= 15 is 0 Å². The maximum absolute atomic E-state index is 3.52. The Kier molecular flexibility index (Phi) is 5.62. The first-order valence-electron chi connectivity index (χ1n) is 6.55. The normalized spacial score (nSPS) is 27.2. The number of piperidine rings is 1. The van der Waals surface area contributed by atoms with E-state index in [2.05, 4.69) is 31.1 Å². The van der Waals surface area contributed by atoms with Crippen LogP contribution in [-0.2, 0) is 0 Å². The lowest BCUT2D eigenvalue weighted by molar-refractivity contribution is 0.151. The Morgan fingerprint density at radius 3 is 2.73 bits per heavy atom. The molecule has 90 valence electrons. The van der Waals surface area contributed by atoms with Gasteiger partial charge in [0, 0.05) is 13.1 Å². The summed E-state index contributed by atoms with van der Waals surface area (Å²) < 4.78 is 0. The fourth-order valence-electron chi connectivity index (χ4n) is 2.62. The van der Waals surface area contributed by atoms with Crippen LogP contribution in [0.1, 0.15) is 46.0 Å².